The van der Waals surface area contributed by atoms with Gasteiger partial charge in [0, 0.05) is 16.3 Å². The van der Waals surface area contributed by atoms with Gasteiger partial charge in [-0.2, -0.15) is 5.10 Å². The number of hydrazone groups is 1. The fourth-order valence-electron chi connectivity index (χ4n) is 4.31. The van der Waals surface area contributed by atoms with E-state index in [0.717, 1.165) is 20.4 Å². The number of carbonyl (C=O) groups is 2. The Morgan fingerprint density at radius 2 is 1.89 bits per heavy atom. The molecule has 4 rings (SSSR count). The zero-order valence-electron chi connectivity index (χ0n) is 24.2. The van der Waals surface area contributed by atoms with E-state index in [1.54, 1.807) is 31.3 Å². The minimum absolute atomic E-state index is 0.139. The van der Waals surface area contributed by atoms with Crippen molar-refractivity contribution < 1.29 is 33.6 Å². The van der Waals surface area contributed by atoms with Gasteiger partial charge in [-0.15, -0.1) is 0 Å². The summed E-state index contributed by atoms with van der Waals surface area (Å²) in [5, 5.41) is 20.5. The van der Waals surface area contributed by atoms with Gasteiger partial charge in [0.1, 0.15) is 19.0 Å². The number of aliphatic hydroxyl groups is 1. The molecule has 11 nitrogen and oxygen atoms in total. The van der Waals surface area contributed by atoms with Gasteiger partial charge in [0.2, 0.25) is 0 Å². The Hall–Kier alpha value is -4.01. The number of hydrogen-bond acceptors (Lipinski definition) is 9. The lowest BCUT2D eigenvalue weighted by Crippen LogP contribution is -2.45. The zero-order chi connectivity index (χ0) is 31.6. The summed E-state index contributed by atoms with van der Waals surface area (Å²) in [6.45, 7) is 4.00. The van der Waals surface area contributed by atoms with E-state index in [4.69, 9.17) is 30.5 Å². The van der Waals surface area contributed by atoms with E-state index in [-0.39, 0.29) is 12.2 Å². The predicted molar refractivity (Wildman–Crippen MR) is 174 cm³/mol. The Kier molecular flexibility index (Phi) is 11.7. The Morgan fingerprint density at radius 3 is 2.61 bits per heavy atom. The van der Waals surface area contributed by atoms with Crippen LogP contribution in [0.5, 0.6) is 17.2 Å². The van der Waals surface area contributed by atoms with Crippen molar-refractivity contribution in [2.75, 3.05) is 20.3 Å². The van der Waals surface area contributed by atoms with Crippen molar-refractivity contribution in [1.29, 1.82) is 0 Å². The van der Waals surface area contributed by atoms with Crippen LogP contribution in [-0.4, -0.2) is 49.9 Å². The second kappa shape index (κ2) is 15.6. The van der Waals surface area contributed by atoms with Crippen molar-refractivity contribution in [3.05, 3.63) is 97.2 Å². The fraction of sp³-hybridized carbons (Fsp3) is 0.258. The molecular formula is C31H32ClIN4O7. The summed E-state index contributed by atoms with van der Waals surface area (Å²) in [6.07, 6.45) is 0.448. The highest BCUT2D eigenvalue weighted by Crippen LogP contribution is 2.35. The monoisotopic (exact) mass is 734 g/mol. The molecule has 4 N–H and O–H groups in total. The molecule has 0 saturated heterocycles. The Morgan fingerprint density at radius 1 is 1.11 bits per heavy atom. The quantitative estimate of drug-likeness (QED) is 0.0630. The molecule has 2 atom stereocenters. The van der Waals surface area contributed by atoms with Crippen LogP contribution in [0, 0.1) is 3.57 Å². The average Bonchev–Trinajstić information content (AvgIpc) is 3.00. The van der Waals surface area contributed by atoms with Gasteiger partial charge >= 0.3 is 12.0 Å². The van der Waals surface area contributed by atoms with Gasteiger partial charge in [0.25, 0.3) is 0 Å². The van der Waals surface area contributed by atoms with Crippen LogP contribution in [0.25, 0.3) is 0 Å². The molecule has 13 heteroatoms. The third kappa shape index (κ3) is 8.55. The number of esters is 1. The lowest BCUT2D eigenvalue weighted by molar-refractivity contribution is -0.136. The van der Waals surface area contributed by atoms with Crippen molar-refractivity contribution in [2.45, 2.75) is 32.7 Å². The predicted octanol–water partition coefficient (Wildman–Crippen LogP) is 5.04. The lowest BCUT2D eigenvalue weighted by Gasteiger charge is -2.28. The Balaban J connectivity index is 1.35. The Labute approximate surface area is 273 Å². The number of allylic oxidation sites excluding steroid dienone is 1. The van der Waals surface area contributed by atoms with Crippen LogP contribution < -0.4 is 30.3 Å². The minimum atomic E-state index is -1.13. The minimum Gasteiger partial charge on any atom is -0.490 e. The smallest absolute Gasteiger partial charge is 0.337 e. The molecule has 3 aromatic carbocycles. The second-order valence-electron chi connectivity index (χ2n) is 9.48. The molecule has 0 fully saturated rings. The van der Waals surface area contributed by atoms with Crippen LogP contribution in [0.15, 0.2) is 77.0 Å². The molecule has 2 amide bonds. The molecule has 3 aromatic rings. The maximum absolute atomic E-state index is 12.4. The molecule has 0 aromatic heterocycles. The van der Waals surface area contributed by atoms with Crippen LogP contribution in [0.1, 0.15) is 36.6 Å². The molecule has 0 radical (unpaired) electrons. The number of carbonyl (C=O) groups excluding carboxylic acids is 2. The van der Waals surface area contributed by atoms with E-state index in [1.165, 1.54) is 7.11 Å². The summed E-state index contributed by atoms with van der Waals surface area (Å²) in [5.41, 5.74) is 5.59. The van der Waals surface area contributed by atoms with Crippen molar-refractivity contribution in [1.82, 2.24) is 16.1 Å². The number of amides is 2. The molecule has 232 valence electrons. The first-order chi connectivity index (χ1) is 21.2. The number of halogens is 2. The average molecular weight is 735 g/mol. The van der Waals surface area contributed by atoms with Gasteiger partial charge in [0.05, 0.1) is 35.1 Å². The molecule has 0 aliphatic carbocycles. The summed E-state index contributed by atoms with van der Waals surface area (Å²) < 4.78 is 23.3. The molecule has 0 unspecified atom stereocenters. The largest absolute Gasteiger partial charge is 0.490 e. The number of nitrogens with one attached hydrogen (secondary N) is 3. The molecule has 1 heterocycles. The fourth-order valence-corrected chi connectivity index (χ4v) is 5.19. The van der Waals surface area contributed by atoms with Crippen molar-refractivity contribution >= 4 is 52.4 Å². The van der Waals surface area contributed by atoms with Crippen LogP contribution in [0.3, 0.4) is 0 Å². The molecule has 0 saturated carbocycles. The molecule has 1 aliphatic rings. The normalized spacial score (nSPS) is 15.3. The van der Waals surface area contributed by atoms with Crippen molar-refractivity contribution in [3.8, 4) is 17.2 Å². The van der Waals surface area contributed by atoms with Crippen molar-refractivity contribution in [3.63, 3.8) is 0 Å². The van der Waals surface area contributed by atoms with E-state index in [1.807, 2.05) is 49.4 Å². The highest BCUT2D eigenvalue weighted by Gasteiger charge is 2.32. The summed E-state index contributed by atoms with van der Waals surface area (Å²) in [7, 11) is 1.28. The lowest BCUT2D eigenvalue weighted by atomic mass is 9.95. The summed E-state index contributed by atoms with van der Waals surface area (Å²) in [4.78, 5) is 24.6. The topological polar surface area (TPSA) is 140 Å². The van der Waals surface area contributed by atoms with Gasteiger partial charge in [-0.05, 0) is 84.0 Å². The van der Waals surface area contributed by atoms with Crippen molar-refractivity contribution in [2.24, 2.45) is 5.10 Å². The first-order valence-electron chi connectivity index (χ1n) is 13.6. The van der Waals surface area contributed by atoms with Crippen LogP contribution in [0.4, 0.5) is 4.79 Å². The highest BCUT2D eigenvalue weighted by atomic mass is 127. The van der Waals surface area contributed by atoms with Gasteiger partial charge in [0.15, 0.2) is 17.7 Å². The highest BCUT2D eigenvalue weighted by molar-refractivity contribution is 14.1. The Bertz CT molecular complexity index is 1570. The number of urea groups is 1. The maximum Gasteiger partial charge on any atom is 0.337 e. The van der Waals surface area contributed by atoms with Gasteiger partial charge in [-0.1, -0.05) is 35.9 Å². The summed E-state index contributed by atoms with van der Waals surface area (Å²) in [6, 6.07) is 16.9. The molecule has 0 spiro atoms. The van der Waals surface area contributed by atoms with E-state index in [0.29, 0.717) is 41.0 Å². The molecule has 1 aliphatic heterocycles. The van der Waals surface area contributed by atoms with Gasteiger partial charge < -0.3 is 34.7 Å². The van der Waals surface area contributed by atoms with Crippen LogP contribution in [-0.2, 0) is 16.1 Å². The first-order valence-corrected chi connectivity index (χ1v) is 15.0. The summed E-state index contributed by atoms with van der Waals surface area (Å²) in [5.74, 6) is 0.889. The third-order valence-corrected chi connectivity index (χ3v) is 7.62. The zero-order valence-corrected chi connectivity index (χ0v) is 27.1. The maximum atomic E-state index is 12.4. The number of benzene rings is 3. The third-order valence-electron chi connectivity index (χ3n) is 6.41. The van der Waals surface area contributed by atoms with Crippen LogP contribution >= 0.6 is 34.2 Å². The van der Waals surface area contributed by atoms with Crippen LogP contribution in [0.2, 0.25) is 5.02 Å². The standard InChI is InChI=1S/C31H32ClIN4O7/c1-4-42-26-14-20(29-28(30(39)41-3)18(2)35-31(40)36-29)10-12-25(26)44-17-27(38)37-34-15-19-9-11-24(23(33)13-19)43-16-21-7-5-6-8-22(21)32/h5-15,27,29,37-38H,4,16-17H2,1-3H3,(H2,35,36,40)/b34-15-/t27-,29-/m0/s1. The van der Waals surface area contributed by atoms with E-state index in [9.17, 15) is 14.7 Å². The first kappa shape index (κ1) is 32.9. The number of hydrogen-bond donors (Lipinski definition) is 4. The van der Waals surface area contributed by atoms with E-state index < -0.39 is 24.3 Å². The summed E-state index contributed by atoms with van der Waals surface area (Å²) >= 11 is 8.39. The second-order valence-corrected chi connectivity index (χ2v) is 11.1. The number of aliphatic hydroxyl groups excluding tert-OH is 1. The number of methoxy groups -OCH3 is 1. The number of ether oxygens (including phenoxy) is 4. The molecule has 44 heavy (non-hydrogen) atoms. The number of rotatable bonds is 13. The van der Waals surface area contributed by atoms with Gasteiger partial charge in [-0.25, -0.2) is 9.59 Å². The SMILES string of the molecule is CCOc1cc([C@@H]2NC(=O)NC(C)=C2C(=O)OC)ccc1OC[C@H](O)N/N=C\c1ccc(OCc2ccccc2Cl)c(I)c1. The number of nitrogens with zero attached hydrogens (tertiary/aromatic N) is 1. The molecule has 0 bridgehead atoms. The van der Waals surface area contributed by atoms with Gasteiger partial charge in [-0.3, -0.25) is 5.43 Å². The molecular weight excluding hydrogens is 703 g/mol. The van der Waals surface area contributed by atoms with E-state index >= 15 is 0 Å². The van der Waals surface area contributed by atoms with E-state index in [2.05, 4.69) is 43.8 Å².